The van der Waals surface area contributed by atoms with Crippen molar-refractivity contribution in [3.8, 4) is 0 Å². The molecule has 0 amide bonds. The summed E-state index contributed by atoms with van der Waals surface area (Å²) in [5, 5.41) is 0.347. The van der Waals surface area contributed by atoms with Crippen LogP contribution in [0.5, 0.6) is 0 Å². The van der Waals surface area contributed by atoms with E-state index in [1.54, 1.807) is 18.3 Å². The third kappa shape index (κ3) is 2.28. The van der Waals surface area contributed by atoms with Gasteiger partial charge < -0.3 is 0 Å². The van der Waals surface area contributed by atoms with Crippen LogP contribution in [-0.2, 0) is 16.8 Å². The summed E-state index contributed by atoms with van der Waals surface area (Å²) in [6.45, 7) is 1.18. The molecule has 1 aromatic heterocycles. The fourth-order valence-electron chi connectivity index (χ4n) is 1.40. The normalized spacial score (nSPS) is 20.6. The van der Waals surface area contributed by atoms with Crippen LogP contribution in [0.4, 0.5) is 0 Å². The van der Waals surface area contributed by atoms with Gasteiger partial charge in [0, 0.05) is 31.4 Å². The van der Waals surface area contributed by atoms with Crippen LogP contribution < -0.4 is 4.72 Å². The van der Waals surface area contributed by atoms with Crippen LogP contribution >= 0.6 is 11.6 Å². The van der Waals surface area contributed by atoms with Crippen molar-refractivity contribution in [2.75, 3.05) is 13.1 Å². The highest BCUT2D eigenvalue weighted by Crippen LogP contribution is 2.17. The molecule has 0 saturated carbocycles. The van der Waals surface area contributed by atoms with Crippen molar-refractivity contribution in [3.05, 3.63) is 29.0 Å². The maximum atomic E-state index is 11.4. The molecule has 1 fully saturated rings. The van der Waals surface area contributed by atoms with Crippen LogP contribution in [-0.4, -0.2) is 30.8 Å². The third-order valence-electron chi connectivity index (χ3n) is 2.17. The van der Waals surface area contributed by atoms with Crippen molar-refractivity contribution in [3.63, 3.8) is 0 Å². The molecule has 2 heterocycles. The van der Waals surface area contributed by atoms with Gasteiger partial charge in [-0.25, -0.2) is 9.71 Å². The molecule has 1 aliphatic heterocycles. The average molecular weight is 248 g/mol. The van der Waals surface area contributed by atoms with Gasteiger partial charge in [0.25, 0.3) is 10.2 Å². The summed E-state index contributed by atoms with van der Waals surface area (Å²) in [5.74, 6) is 0. The summed E-state index contributed by atoms with van der Waals surface area (Å²) in [4.78, 5) is 3.89. The Balaban J connectivity index is 2.20. The molecule has 15 heavy (non-hydrogen) atoms. The monoisotopic (exact) mass is 247 g/mol. The predicted molar refractivity (Wildman–Crippen MR) is 56.6 cm³/mol. The fraction of sp³-hybridized carbons (Fsp3) is 0.375. The molecule has 0 atom stereocenters. The number of hydrogen-bond donors (Lipinski definition) is 1. The molecule has 1 saturated heterocycles. The largest absolute Gasteiger partial charge is 0.279 e. The predicted octanol–water partition coefficient (Wildman–Crippen LogP) is 0.385. The molecule has 1 aromatic rings. The highest BCUT2D eigenvalue weighted by molar-refractivity contribution is 7.87. The van der Waals surface area contributed by atoms with Crippen molar-refractivity contribution in [2.24, 2.45) is 0 Å². The lowest BCUT2D eigenvalue weighted by atomic mass is 10.3. The number of rotatable bonds is 2. The summed E-state index contributed by atoms with van der Waals surface area (Å²) in [6, 6.07) is 3.50. The molecule has 1 N–H and O–H groups in total. The minimum absolute atomic E-state index is 0.266. The zero-order valence-corrected chi connectivity index (χ0v) is 9.42. The summed E-state index contributed by atoms with van der Waals surface area (Å²) in [6.07, 6.45) is 1.57. The Hall–Kier alpha value is -0.690. The molecular weight excluding hydrogens is 238 g/mol. The van der Waals surface area contributed by atoms with Gasteiger partial charge in [0.1, 0.15) is 5.15 Å². The van der Waals surface area contributed by atoms with Crippen LogP contribution in [0.2, 0.25) is 5.15 Å². The number of nitrogens with one attached hydrogen (secondary N) is 1. The Morgan fingerprint density at radius 1 is 1.60 bits per heavy atom. The van der Waals surface area contributed by atoms with Gasteiger partial charge in [-0.2, -0.15) is 12.7 Å². The van der Waals surface area contributed by atoms with Gasteiger partial charge >= 0.3 is 0 Å². The molecular formula is C8H10ClN3O2S. The molecule has 2 rings (SSSR count). The smallest absolute Gasteiger partial charge is 0.244 e. The average Bonchev–Trinajstić information content (AvgIpc) is 2.50. The zero-order chi connectivity index (χ0) is 10.9. The molecule has 7 heteroatoms. The Bertz CT molecular complexity index is 463. The number of hydrogen-bond acceptors (Lipinski definition) is 3. The number of nitrogens with zero attached hydrogens (tertiary/aromatic N) is 2. The van der Waals surface area contributed by atoms with Crippen LogP contribution in [0.25, 0.3) is 0 Å². The Morgan fingerprint density at radius 2 is 2.40 bits per heavy atom. The molecule has 5 nitrogen and oxygen atoms in total. The molecule has 82 valence electrons. The third-order valence-corrected chi connectivity index (χ3v) is 4.07. The van der Waals surface area contributed by atoms with E-state index in [0.29, 0.717) is 23.8 Å². The van der Waals surface area contributed by atoms with E-state index in [1.807, 2.05) is 0 Å². The number of pyridine rings is 1. The Kier molecular flexibility index (Phi) is 2.92. The van der Waals surface area contributed by atoms with Gasteiger partial charge in [-0.3, -0.25) is 0 Å². The van der Waals surface area contributed by atoms with Crippen LogP contribution in [0, 0.1) is 0 Å². The van der Waals surface area contributed by atoms with Gasteiger partial charge in [-0.05, 0) is 6.07 Å². The van der Waals surface area contributed by atoms with Crippen LogP contribution in [0.1, 0.15) is 5.56 Å². The van der Waals surface area contributed by atoms with E-state index in [2.05, 4.69) is 9.71 Å². The second kappa shape index (κ2) is 4.05. The van der Waals surface area contributed by atoms with Gasteiger partial charge in [0.05, 0.1) is 0 Å². The molecule has 0 spiro atoms. The fourth-order valence-corrected chi connectivity index (χ4v) is 2.75. The van der Waals surface area contributed by atoms with E-state index in [-0.39, 0.29) is 6.54 Å². The summed E-state index contributed by atoms with van der Waals surface area (Å²) in [7, 11) is -3.31. The first kappa shape index (κ1) is 10.8. The molecule has 0 bridgehead atoms. The first-order valence-electron chi connectivity index (χ1n) is 4.44. The van der Waals surface area contributed by atoms with Crippen LogP contribution in [0.3, 0.4) is 0 Å². The molecule has 1 aliphatic rings. The topological polar surface area (TPSA) is 62.3 Å². The molecule has 0 radical (unpaired) electrons. The number of halogens is 1. The first-order valence-corrected chi connectivity index (χ1v) is 6.25. The second-order valence-electron chi connectivity index (χ2n) is 3.19. The van der Waals surface area contributed by atoms with E-state index in [1.165, 1.54) is 4.31 Å². The molecule has 0 aliphatic carbocycles. The molecule has 0 unspecified atom stereocenters. The minimum atomic E-state index is -3.31. The van der Waals surface area contributed by atoms with Crippen molar-refractivity contribution in [1.29, 1.82) is 0 Å². The maximum absolute atomic E-state index is 11.4. The van der Waals surface area contributed by atoms with E-state index in [4.69, 9.17) is 11.6 Å². The lowest BCUT2D eigenvalue weighted by Crippen LogP contribution is -2.29. The van der Waals surface area contributed by atoms with E-state index in [9.17, 15) is 8.42 Å². The SMILES string of the molecule is O=S1(=O)NCCN1Cc1cccnc1Cl. The lowest BCUT2D eigenvalue weighted by molar-refractivity contribution is 0.445. The maximum Gasteiger partial charge on any atom is 0.279 e. The van der Waals surface area contributed by atoms with Crippen LogP contribution in [0.15, 0.2) is 18.3 Å². The zero-order valence-electron chi connectivity index (χ0n) is 7.85. The Labute approximate surface area is 93.2 Å². The van der Waals surface area contributed by atoms with E-state index < -0.39 is 10.2 Å². The summed E-state index contributed by atoms with van der Waals surface area (Å²) < 4.78 is 26.6. The lowest BCUT2D eigenvalue weighted by Gasteiger charge is -2.13. The van der Waals surface area contributed by atoms with E-state index in [0.717, 1.165) is 0 Å². The quantitative estimate of drug-likeness (QED) is 0.769. The second-order valence-corrected chi connectivity index (χ2v) is 5.30. The van der Waals surface area contributed by atoms with Gasteiger partial charge in [0.15, 0.2) is 0 Å². The van der Waals surface area contributed by atoms with Crippen molar-refractivity contribution < 1.29 is 8.42 Å². The van der Waals surface area contributed by atoms with Gasteiger partial charge in [0.2, 0.25) is 0 Å². The van der Waals surface area contributed by atoms with Crippen molar-refractivity contribution in [1.82, 2.24) is 14.0 Å². The molecule has 0 aromatic carbocycles. The van der Waals surface area contributed by atoms with Gasteiger partial charge in [-0.15, -0.1) is 0 Å². The number of aromatic nitrogens is 1. The first-order chi connectivity index (χ1) is 7.09. The summed E-state index contributed by atoms with van der Waals surface area (Å²) in [5.41, 5.74) is 0.714. The minimum Gasteiger partial charge on any atom is -0.244 e. The Morgan fingerprint density at radius 3 is 3.00 bits per heavy atom. The van der Waals surface area contributed by atoms with Gasteiger partial charge in [-0.1, -0.05) is 17.7 Å². The highest BCUT2D eigenvalue weighted by atomic mass is 35.5. The standard InChI is InChI=1S/C8H10ClN3O2S/c9-8-7(2-1-3-10-8)6-12-5-4-11-15(12,13)14/h1-3,11H,4-6H2. The van der Waals surface area contributed by atoms with Crippen molar-refractivity contribution >= 4 is 21.8 Å². The van der Waals surface area contributed by atoms with E-state index >= 15 is 0 Å². The van der Waals surface area contributed by atoms with Crippen molar-refractivity contribution in [2.45, 2.75) is 6.54 Å². The highest BCUT2D eigenvalue weighted by Gasteiger charge is 2.27. The summed E-state index contributed by atoms with van der Waals surface area (Å²) >= 11 is 5.84.